The van der Waals surface area contributed by atoms with E-state index in [4.69, 9.17) is 0 Å². The highest BCUT2D eigenvalue weighted by atomic mass is 79.9. The fourth-order valence-corrected chi connectivity index (χ4v) is 2.94. The highest BCUT2D eigenvalue weighted by Gasteiger charge is 2.14. The molecule has 100 valence electrons. The van der Waals surface area contributed by atoms with E-state index in [1.165, 1.54) is 10.8 Å². The van der Waals surface area contributed by atoms with Crippen LogP contribution in [-0.4, -0.2) is 10.1 Å². The number of hydrogen-bond donors (Lipinski definition) is 1. The fraction of sp³-hybridized carbons (Fsp3) is 0.118. The second-order valence-corrected chi connectivity index (χ2v) is 5.58. The standard InChI is InChI=1S/C17H14BrNO/c18-15-9-4-10-19-17(15)16(20)11-13-7-3-6-12-5-1-2-8-14(12)13/h1-10,16,20H,11H2. The molecule has 3 rings (SSSR count). The minimum atomic E-state index is -0.614. The van der Waals surface area contributed by atoms with Gasteiger partial charge in [-0.3, -0.25) is 4.98 Å². The molecule has 0 bridgehead atoms. The number of aliphatic hydroxyl groups excluding tert-OH is 1. The monoisotopic (exact) mass is 327 g/mol. The first-order chi connectivity index (χ1) is 9.75. The van der Waals surface area contributed by atoms with Gasteiger partial charge in [0.15, 0.2) is 0 Å². The predicted octanol–water partition coefficient (Wildman–Crippen LogP) is 4.27. The molecule has 20 heavy (non-hydrogen) atoms. The maximum absolute atomic E-state index is 10.4. The molecule has 0 spiro atoms. The van der Waals surface area contributed by atoms with Crippen LogP contribution in [0, 0.1) is 0 Å². The van der Waals surface area contributed by atoms with Crippen molar-refractivity contribution in [3.63, 3.8) is 0 Å². The second kappa shape index (κ2) is 5.73. The Morgan fingerprint density at radius 1 is 1.00 bits per heavy atom. The van der Waals surface area contributed by atoms with Crippen molar-refractivity contribution in [1.82, 2.24) is 4.98 Å². The molecular weight excluding hydrogens is 314 g/mol. The lowest BCUT2D eigenvalue weighted by Gasteiger charge is -2.13. The zero-order chi connectivity index (χ0) is 13.9. The lowest BCUT2D eigenvalue weighted by Crippen LogP contribution is -2.05. The third kappa shape index (κ3) is 2.60. The molecule has 1 unspecified atom stereocenters. The van der Waals surface area contributed by atoms with Gasteiger partial charge in [0.25, 0.3) is 0 Å². The molecule has 3 heteroatoms. The molecule has 0 saturated carbocycles. The summed E-state index contributed by atoms with van der Waals surface area (Å²) in [5.41, 5.74) is 1.81. The van der Waals surface area contributed by atoms with E-state index in [9.17, 15) is 5.11 Å². The van der Waals surface area contributed by atoms with Crippen LogP contribution in [0.15, 0.2) is 65.3 Å². The van der Waals surface area contributed by atoms with Gasteiger partial charge in [-0.15, -0.1) is 0 Å². The summed E-state index contributed by atoms with van der Waals surface area (Å²) in [5, 5.41) is 12.8. The molecule has 1 N–H and O–H groups in total. The zero-order valence-corrected chi connectivity index (χ0v) is 12.4. The zero-order valence-electron chi connectivity index (χ0n) is 10.8. The quantitative estimate of drug-likeness (QED) is 0.779. The van der Waals surface area contributed by atoms with Gasteiger partial charge in [-0.1, -0.05) is 42.5 Å². The molecule has 0 amide bonds. The highest BCUT2D eigenvalue weighted by molar-refractivity contribution is 9.10. The van der Waals surface area contributed by atoms with Crippen molar-refractivity contribution >= 4 is 26.7 Å². The average Bonchev–Trinajstić information content (AvgIpc) is 2.48. The molecule has 0 aliphatic heterocycles. The summed E-state index contributed by atoms with van der Waals surface area (Å²) in [7, 11) is 0. The summed E-state index contributed by atoms with van der Waals surface area (Å²) in [4.78, 5) is 4.26. The maximum atomic E-state index is 10.4. The van der Waals surface area contributed by atoms with Crippen LogP contribution in [0.3, 0.4) is 0 Å². The molecular formula is C17H14BrNO. The van der Waals surface area contributed by atoms with E-state index >= 15 is 0 Å². The van der Waals surface area contributed by atoms with E-state index in [-0.39, 0.29) is 0 Å². The van der Waals surface area contributed by atoms with Gasteiger partial charge in [-0.25, -0.2) is 0 Å². The fourth-order valence-electron chi connectivity index (χ4n) is 2.42. The van der Waals surface area contributed by atoms with E-state index in [1.807, 2.05) is 30.3 Å². The summed E-state index contributed by atoms with van der Waals surface area (Å²) < 4.78 is 0.840. The summed E-state index contributed by atoms with van der Waals surface area (Å²) in [6, 6.07) is 18.1. The molecule has 3 aromatic rings. The van der Waals surface area contributed by atoms with Crippen molar-refractivity contribution < 1.29 is 5.11 Å². The highest BCUT2D eigenvalue weighted by Crippen LogP contribution is 2.27. The lowest BCUT2D eigenvalue weighted by atomic mass is 9.98. The molecule has 2 nitrogen and oxygen atoms in total. The predicted molar refractivity (Wildman–Crippen MR) is 84.5 cm³/mol. The average molecular weight is 328 g/mol. The molecule has 0 radical (unpaired) electrons. The number of nitrogens with zero attached hydrogens (tertiary/aromatic N) is 1. The Hall–Kier alpha value is -1.71. The summed E-state index contributed by atoms with van der Waals surface area (Å²) in [5.74, 6) is 0. The Kier molecular flexibility index (Phi) is 3.81. The van der Waals surface area contributed by atoms with Gasteiger partial charge in [0.1, 0.15) is 6.10 Å². The van der Waals surface area contributed by atoms with Crippen LogP contribution in [0.1, 0.15) is 17.4 Å². The Morgan fingerprint density at radius 2 is 1.80 bits per heavy atom. The van der Waals surface area contributed by atoms with E-state index < -0.39 is 6.10 Å². The Labute approximate surface area is 126 Å². The van der Waals surface area contributed by atoms with Gasteiger partial charge >= 0.3 is 0 Å². The summed E-state index contributed by atoms with van der Waals surface area (Å²) >= 11 is 3.44. The first-order valence-electron chi connectivity index (χ1n) is 6.51. The largest absolute Gasteiger partial charge is 0.386 e. The number of aromatic nitrogens is 1. The molecule has 2 aromatic carbocycles. The second-order valence-electron chi connectivity index (χ2n) is 4.73. The van der Waals surface area contributed by atoms with Crippen molar-refractivity contribution in [2.75, 3.05) is 0 Å². The van der Waals surface area contributed by atoms with Crippen LogP contribution in [0.4, 0.5) is 0 Å². The first-order valence-corrected chi connectivity index (χ1v) is 7.30. The van der Waals surface area contributed by atoms with E-state index in [0.717, 1.165) is 10.0 Å². The van der Waals surface area contributed by atoms with Gasteiger partial charge in [-0.05, 0) is 44.4 Å². The number of pyridine rings is 1. The molecule has 1 atom stereocenters. The van der Waals surface area contributed by atoms with Gasteiger partial charge in [-0.2, -0.15) is 0 Å². The molecule has 0 fully saturated rings. The number of aliphatic hydroxyl groups is 1. The smallest absolute Gasteiger partial charge is 0.101 e. The Balaban J connectivity index is 1.96. The van der Waals surface area contributed by atoms with Crippen molar-refractivity contribution in [2.24, 2.45) is 0 Å². The van der Waals surface area contributed by atoms with Gasteiger partial charge in [0.2, 0.25) is 0 Å². The SMILES string of the molecule is OC(Cc1cccc2ccccc12)c1ncccc1Br. The van der Waals surface area contributed by atoms with Crippen LogP contribution < -0.4 is 0 Å². The minimum Gasteiger partial charge on any atom is -0.386 e. The number of halogens is 1. The van der Waals surface area contributed by atoms with Crippen LogP contribution in [0.5, 0.6) is 0 Å². The Morgan fingerprint density at radius 3 is 2.65 bits per heavy atom. The lowest BCUT2D eigenvalue weighted by molar-refractivity contribution is 0.173. The maximum Gasteiger partial charge on any atom is 0.101 e. The minimum absolute atomic E-state index is 0.553. The topological polar surface area (TPSA) is 33.1 Å². The number of rotatable bonds is 3. The van der Waals surface area contributed by atoms with Crippen molar-refractivity contribution in [3.05, 3.63) is 76.5 Å². The first kappa shape index (κ1) is 13.3. The van der Waals surface area contributed by atoms with Crippen LogP contribution >= 0.6 is 15.9 Å². The van der Waals surface area contributed by atoms with Crippen molar-refractivity contribution in [3.8, 4) is 0 Å². The molecule has 0 saturated heterocycles. The molecule has 1 aromatic heterocycles. The van der Waals surface area contributed by atoms with Gasteiger partial charge in [0.05, 0.1) is 5.69 Å². The van der Waals surface area contributed by atoms with E-state index in [1.54, 1.807) is 6.20 Å². The van der Waals surface area contributed by atoms with E-state index in [2.05, 4.69) is 45.2 Å². The van der Waals surface area contributed by atoms with Crippen LogP contribution in [0.25, 0.3) is 10.8 Å². The van der Waals surface area contributed by atoms with Crippen LogP contribution in [-0.2, 0) is 6.42 Å². The van der Waals surface area contributed by atoms with E-state index in [0.29, 0.717) is 12.1 Å². The summed E-state index contributed by atoms with van der Waals surface area (Å²) in [6.45, 7) is 0. The number of benzene rings is 2. The van der Waals surface area contributed by atoms with Crippen molar-refractivity contribution in [2.45, 2.75) is 12.5 Å². The normalized spacial score (nSPS) is 12.5. The molecule has 1 heterocycles. The molecule has 0 aliphatic carbocycles. The third-order valence-electron chi connectivity index (χ3n) is 3.40. The Bertz CT molecular complexity index is 736. The molecule has 0 aliphatic rings. The van der Waals surface area contributed by atoms with Crippen molar-refractivity contribution in [1.29, 1.82) is 0 Å². The third-order valence-corrected chi connectivity index (χ3v) is 4.07. The van der Waals surface area contributed by atoms with Gasteiger partial charge < -0.3 is 5.11 Å². The van der Waals surface area contributed by atoms with Crippen LogP contribution in [0.2, 0.25) is 0 Å². The summed E-state index contributed by atoms with van der Waals surface area (Å²) in [6.07, 6.45) is 1.64. The number of hydrogen-bond acceptors (Lipinski definition) is 2. The van der Waals surface area contributed by atoms with Gasteiger partial charge in [0, 0.05) is 17.1 Å². The number of fused-ring (bicyclic) bond motifs is 1.